The van der Waals surface area contributed by atoms with Gasteiger partial charge in [-0.15, -0.1) is 0 Å². The summed E-state index contributed by atoms with van der Waals surface area (Å²) in [6.45, 7) is 0.621. The first kappa shape index (κ1) is 20.5. The highest BCUT2D eigenvalue weighted by Gasteiger charge is 2.13. The number of likely N-dealkylation sites (N-methyl/N-ethyl adjacent to an activating group) is 1. The van der Waals surface area contributed by atoms with E-state index < -0.39 is 0 Å². The number of carbonyl (C=O) groups excluding carboxylic acids is 1. The minimum absolute atomic E-state index is 0.0606. The van der Waals surface area contributed by atoms with Gasteiger partial charge in [0.25, 0.3) is 0 Å². The molecule has 31 heavy (non-hydrogen) atoms. The van der Waals surface area contributed by atoms with Gasteiger partial charge in [-0.1, -0.05) is 24.3 Å². The molecule has 8 heteroatoms. The van der Waals surface area contributed by atoms with Gasteiger partial charge < -0.3 is 4.90 Å². The monoisotopic (exact) mass is 419 g/mol. The van der Waals surface area contributed by atoms with Gasteiger partial charge in [-0.05, 0) is 43.2 Å². The van der Waals surface area contributed by atoms with Crippen molar-refractivity contribution in [3.8, 4) is 11.3 Å². The van der Waals surface area contributed by atoms with Crippen LogP contribution in [0.5, 0.6) is 0 Å². The van der Waals surface area contributed by atoms with E-state index in [4.69, 9.17) is 0 Å². The number of amides is 1. The van der Waals surface area contributed by atoms with E-state index in [2.05, 4.69) is 15.3 Å². The maximum Gasteiger partial charge on any atom is 0.244 e. The zero-order valence-corrected chi connectivity index (χ0v) is 17.1. The Labute approximate surface area is 178 Å². The molecular weight excluding hydrogens is 397 g/mol. The van der Waals surface area contributed by atoms with Crippen LogP contribution in [0, 0.1) is 5.82 Å². The average molecular weight is 419 g/mol. The Morgan fingerprint density at radius 2 is 2.00 bits per heavy atom. The molecule has 4 aromatic rings. The summed E-state index contributed by atoms with van der Waals surface area (Å²) in [5, 5.41) is 11.9. The number of fused-ring (bicyclic) bond motifs is 1. The molecule has 158 valence electrons. The normalized spacial score (nSPS) is 11.0. The van der Waals surface area contributed by atoms with Crippen molar-refractivity contribution in [3.63, 3.8) is 0 Å². The average Bonchev–Trinajstić information content (AvgIpc) is 3.25. The van der Waals surface area contributed by atoms with Crippen LogP contribution < -0.4 is 5.43 Å². The standard InChI is InChI=1S/C23H22FN5O2/c1-28(23(31)15-29-21-10-3-2-9-19(21)22(30)14-25-29)11-5-8-18-13-20(27-26-18)16-6-4-7-17(24)12-16/h2-4,6-7,9-10,12-14H,5,8,11,15H2,1H3,(H,26,27). The number of nitrogens with one attached hydrogen (secondary N) is 1. The second-order valence-corrected chi connectivity index (χ2v) is 7.39. The lowest BCUT2D eigenvalue weighted by molar-refractivity contribution is -0.130. The summed E-state index contributed by atoms with van der Waals surface area (Å²) in [7, 11) is 1.75. The van der Waals surface area contributed by atoms with Crippen LogP contribution in [0.1, 0.15) is 12.1 Å². The van der Waals surface area contributed by atoms with Crippen LogP contribution in [-0.2, 0) is 17.8 Å². The predicted molar refractivity (Wildman–Crippen MR) is 116 cm³/mol. The van der Waals surface area contributed by atoms with E-state index in [-0.39, 0.29) is 23.7 Å². The second-order valence-electron chi connectivity index (χ2n) is 7.39. The molecule has 0 saturated carbocycles. The Morgan fingerprint density at radius 3 is 2.84 bits per heavy atom. The summed E-state index contributed by atoms with van der Waals surface area (Å²) >= 11 is 0. The second kappa shape index (κ2) is 8.91. The molecular formula is C23H22FN5O2. The highest BCUT2D eigenvalue weighted by Crippen LogP contribution is 2.19. The molecule has 7 nitrogen and oxygen atoms in total. The van der Waals surface area contributed by atoms with Gasteiger partial charge in [0, 0.05) is 30.2 Å². The molecule has 2 aromatic heterocycles. The third-order valence-corrected chi connectivity index (χ3v) is 5.16. The minimum atomic E-state index is -0.299. The first-order chi connectivity index (χ1) is 15.0. The van der Waals surface area contributed by atoms with Crippen molar-refractivity contribution in [2.75, 3.05) is 13.6 Å². The van der Waals surface area contributed by atoms with Crippen LogP contribution in [0.25, 0.3) is 22.2 Å². The Bertz CT molecular complexity index is 1280. The number of aromatic nitrogens is 4. The van der Waals surface area contributed by atoms with Crippen molar-refractivity contribution >= 4 is 16.8 Å². The number of halogens is 1. The summed E-state index contributed by atoms with van der Waals surface area (Å²) in [6.07, 6.45) is 2.69. The lowest BCUT2D eigenvalue weighted by Gasteiger charge is -2.18. The van der Waals surface area contributed by atoms with Crippen molar-refractivity contribution in [1.29, 1.82) is 0 Å². The van der Waals surface area contributed by atoms with Crippen LogP contribution in [0.15, 0.2) is 65.6 Å². The third-order valence-electron chi connectivity index (χ3n) is 5.16. The predicted octanol–water partition coefficient (Wildman–Crippen LogP) is 3.02. The lowest BCUT2D eigenvalue weighted by Crippen LogP contribution is -2.32. The summed E-state index contributed by atoms with van der Waals surface area (Å²) in [6, 6.07) is 15.3. The maximum absolute atomic E-state index is 13.4. The van der Waals surface area contributed by atoms with Crippen LogP contribution in [0.3, 0.4) is 0 Å². The number of carbonyl (C=O) groups is 1. The molecule has 0 bridgehead atoms. The van der Waals surface area contributed by atoms with Crippen LogP contribution >= 0.6 is 0 Å². The molecule has 2 aromatic carbocycles. The molecule has 4 rings (SSSR count). The number of aromatic amines is 1. The molecule has 1 amide bonds. The van der Waals surface area contributed by atoms with Crippen LogP contribution in [-0.4, -0.2) is 44.4 Å². The zero-order valence-electron chi connectivity index (χ0n) is 17.1. The van der Waals surface area contributed by atoms with Gasteiger partial charge in [-0.2, -0.15) is 10.2 Å². The quantitative estimate of drug-likeness (QED) is 0.499. The fourth-order valence-electron chi connectivity index (χ4n) is 3.45. The Hall–Kier alpha value is -3.81. The van der Waals surface area contributed by atoms with Gasteiger partial charge in [0.05, 0.1) is 17.4 Å². The number of aryl methyl sites for hydroxylation is 1. The van der Waals surface area contributed by atoms with Crippen LogP contribution in [0.2, 0.25) is 0 Å². The number of hydrogen-bond donors (Lipinski definition) is 1. The molecule has 0 saturated heterocycles. The molecule has 0 atom stereocenters. The lowest BCUT2D eigenvalue weighted by atomic mass is 10.1. The first-order valence-corrected chi connectivity index (χ1v) is 10.0. The Balaban J connectivity index is 1.33. The largest absolute Gasteiger partial charge is 0.344 e. The number of rotatable bonds is 7. The molecule has 2 heterocycles. The Kier molecular flexibility index (Phi) is 5.88. The van der Waals surface area contributed by atoms with Gasteiger partial charge in [-0.3, -0.25) is 19.4 Å². The van der Waals surface area contributed by atoms with Crippen molar-refractivity contribution in [2.24, 2.45) is 0 Å². The first-order valence-electron chi connectivity index (χ1n) is 10.0. The smallest absolute Gasteiger partial charge is 0.244 e. The molecule has 0 aliphatic heterocycles. The number of H-pyrrole nitrogens is 1. The molecule has 1 N–H and O–H groups in total. The number of para-hydroxylation sites is 1. The topological polar surface area (TPSA) is 83.9 Å². The van der Waals surface area contributed by atoms with E-state index in [9.17, 15) is 14.0 Å². The van der Waals surface area contributed by atoms with Gasteiger partial charge in [0.15, 0.2) is 0 Å². The van der Waals surface area contributed by atoms with Crippen LogP contribution in [0.4, 0.5) is 4.39 Å². The number of nitrogens with zero attached hydrogens (tertiary/aromatic N) is 4. The van der Waals surface area contributed by atoms with Gasteiger partial charge >= 0.3 is 0 Å². The summed E-state index contributed by atoms with van der Waals surface area (Å²) < 4.78 is 14.9. The molecule has 0 fully saturated rings. The summed E-state index contributed by atoms with van der Waals surface area (Å²) in [5.74, 6) is -0.390. The molecule has 0 aliphatic rings. The van der Waals surface area contributed by atoms with Gasteiger partial charge in [-0.25, -0.2) is 4.39 Å². The van der Waals surface area contributed by atoms with Crippen molar-refractivity contribution in [3.05, 3.63) is 82.5 Å². The van der Waals surface area contributed by atoms with Gasteiger partial charge in [0.1, 0.15) is 12.4 Å². The third kappa shape index (κ3) is 4.69. The maximum atomic E-state index is 13.4. The summed E-state index contributed by atoms with van der Waals surface area (Å²) in [5.41, 5.74) is 2.81. The molecule has 0 radical (unpaired) electrons. The van der Waals surface area contributed by atoms with E-state index in [1.807, 2.05) is 18.2 Å². The molecule has 0 spiro atoms. The van der Waals surface area contributed by atoms with E-state index in [0.717, 1.165) is 17.7 Å². The van der Waals surface area contributed by atoms with E-state index in [1.165, 1.54) is 18.3 Å². The molecule has 0 aliphatic carbocycles. The SMILES string of the molecule is CN(CCCc1cc(-c2cccc(F)c2)n[nH]1)C(=O)Cn1ncc(=O)c2ccccc21. The van der Waals surface area contributed by atoms with Crippen molar-refractivity contribution in [2.45, 2.75) is 19.4 Å². The minimum Gasteiger partial charge on any atom is -0.344 e. The van der Waals surface area contributed by atoms with Crippen molar-refractivity contribution < 1.29 is 9.18 Å². The number of hydrogen-bond acceptors (Lipinski definition) is 4. The highest BCUT2D eigenvalue weighted by molar-refractivity contribution is 5.81. The fourth-order valence-corrected chi connectivity index (χ4v) is 3.45. The fraction of sp³-hybridized carbons (Fsp3) is 0.217. The molecule has 0 unspecified atom stereocenters. The van der Waals surface area contributed by atoms with E-state index in [0.29, 0.717) is 29.6 Å². The zero-order chi connectivity index (χ0) is 21.8. The van der Waals surface area contributed by atoms with Crippen molar-refractivity contribution in [1.82, 2.24) is 24.9 Å². The van der Waals surface area contributed by atoms with Gasteiger partial charge in [0.2, 0.25) is 11.3 Å². The van der Waals surface area contributed by atoms with E-state index >= 15 is 0 Å². The summed E-state index contributed by atoms with van der Waals surface area (Å²) in [4.78, 5) is 26.2. The number of benzene rings is 2. The highest BCUT2D eigenvalue weighted by atomic mass is 19.1. The Morgan fingerprint density at radius 1 is 1.16 bits per heavy atom. The van der Waals surface area contributed by atoms with E-state index in [1.54, 1.807) is 40.9 Å².